The minimum Gasteiger partial charge on any atom is -0.495 e. The van der Waals surface area contributed by atoms with Crippen LogP contribution in [0.25, 0.3) is 0 Å². The largest absolute Gasteiger partial charge is 0.495 e. The van der Waals surface area contributed by atoms with Crippen molar-refractivity contribution in [1.82, 2.24) is 4.31 Å². The SMILES string of the molecule is COc1ccc(NC(=O)CN(c2ccccc2C)S(=O)(=O)c2ccc(Cl)cc2)cc1S(=O)(=O)N1CCCCC1. The van der Waals surface area contributed by atoms with Gasteiger partial charge in [0.05, 0.1) is 17.7 Å². The maximum atomic E-state index is 13.6. The molecule has 208 valence electrons. The van der Waals surface area contributed by atoms with Crippen molar-refractivity contribution < 1.29 is 26.4 Å². The zero-order valence-electron chi connectivity index (χ0n) is 21.6. The van der Waals surface area contributed by atoms with Gasteiger partial charge in [0.25, 0.3) is 10.0 Å². The van der Waals surface area contributed by atoms with Crippen LogP contribution in [-0.4, -0.2) is 53.8 Å². The molecule has 0 unspecified atom stereocenters. The number of methoxy groups -OCH3 is 1. The molecule has 0 saturated carbocycles. The molecule has 3 aromatic rings. The number of hydrogen-bond acceptors (Lipinski definition) is 6. The molecule has 0 bridgehead atoms. The molecule has 1 amide bonds. The minimum absolute atomic E-state index is 0.0256. The fraction of sp³-hybridized carbons (Fsp3) is 0.296. The summed E-state index contributed by atoms with van der Waals surface area (Å²) >= 11 is 5.95. The van der Waals surface area contributed by atoms with Crippen molar-refractivity contribution in [2.75, 3.05) is 36.4 Å². The number of amides is 1. The highest BCUT2D eigenvalue weighted by atomic mass is 35.5. The van der Waals surface area contributed by atoms with Crippen molar-refractivity contribution in [2.24, 2.45) is 0 Å². The number of hydrogen-bond donors (Lipinski definition) is 1. The lowest BCUT2D eigenvalue weighted by Crippen LogP contribution is -2.38. The summed E-state index contributed by atoms with van der Waals surface area (Å²) in [5.74, 6) is -0.493. The van der Waals surface area contributed by atoms with Crippen LogP contribution >= 0.6 is 11.6 Å². The van der Waals surface area contributed by atoms with Crippen LogP contribution in [0.3, 0.4) is 0 Å². The summed E-state index contributed by atoms with van der Waals surface area (Å²) in [7, 11) is -6.62. The Balaban J connectivity index is 1.65. The summed E-state index contributed by atoms with van der Waals surface area (Å²) in [6.07, 6.45) is 2.51. The maximum Gasteiger partial charge on any atom is 0.264 e. The van der Waals surface area contributed by atoms with E-state index in [1.54, 1.807) is 31.2 Å². The van der Waals surface area contributed by atoms with Gasteiger partial charge in [0, 0.05) is 23.8 Å². The van der Waals surface area contributed by atoms with Crippen molar-refractivity contribution >= 4 is 48.9 Å². The fourth-order valence-corrected chi connectivity index (χ4v) is 7.72. The normalized spacial score (nSPS) is 14.5. The molecule has 1 fully saturated rings. The Hall–Kier alpha value is -3.12. The molecule has 0 spiro atoms. The number of anilines is 2. The summed E-state index contributed by atoms with van der Waals surface area (Å²) < 4.78 is 61.7. The van der Waals surface area contributed by atoms with E-state index in [1.807, 2.05) is 0 Å². The molecule has 1 saturated heterocycles. The van der Waals surface area contributed by atoms with Gasteiger partial charge in [-0.15, -0.1) is 0 Å². The molecule has 1 heterocycles. The molecule has 1 aliphatic heterocycles. The lowest BCUT2D eigenvalue weighted by Gasteiger charge is -2.27. The lowest BCUT2D eigenvalue weighted by atomic mass is 10.2. The molecule has 0 aromatic heterocycles. The molecule has 0 atom stereocenters. The predicted octanol–water partition coefficient (Wildman–Crippen LogP) is 4.67. The first-order chi connectivity index (χ1) is 18.5. The van der Waals surface area contributed by atoms with Crippen LogP contribution in [0.1, 0.15) is 24.8 Å². The number of para-hydroxylation sites is 1. The number of rotatable bonds is 9. The molecule has 1 aliphatic rings. The van der Waals surface area contributed by atoms with Crippen LogP contribution in [0, 0.1) is 6.92 Å². The van der Waals surface area contributed by atoms with Crippen LogP contribution in [0.15, 0.2) is 76.5 Å². The molecule has 4 rings (SSSR count). The Bertz CT molecular complexity index is 1550. The molecule has 0 radical (unpaired) electrons. The smallest absolute Gasteiger partial charge is 0.264 e. The van der Waals surface area contributed by atoms with E-state index >= 15 is 0 Å². The Labute approximate surface area is 234 Å². The zero-order chi connectivity index (χ0) is 28.2. The minimum atomic E-state index is -4.15. The topological polar surface area (TPSA) is 113 Å². The molecular formula is C27H30ClN3O6S2. The third-order valence-corrected chi connectivity index (χ3v) is 10.4. The van der Waals surface area contributed by atoms with Gasteiger partial charge in [-0.25, -0.2) is 16.8 Å². The Morgan fingerprint density at radius 3 is 2.28 bits per heavy atom. The van der Waals surface area contributed by atoms with Crippen LogP contribution in [0.4, 0.5) is 11.4 Å². The second-order valence-corrected chi connectivity index (χ2v) is 13.3. The highest BCUT2D eigenvalue weighted by Gasteiger charge is 2.31. The van der Waals surface area contributed by atoms with Crippen LogP contribution in [0.2, 0.25) is 5.02 Å². The van der Waals surface area contributed by atoms with E-state index in [9.17, 15) is 21.6 Å². The Morgan fingerprint density at radius 1 is 0.974 bits per heavy atom. The van der Waals surface area contributed by atoms with Gasteiger partial charge in [-0.1, -0.05) is 36.2 Å². The Morgan fingerprint density at radius 2 is 1.64 bits per heavy atom. The number of aryl methyl sites for hydroxylation is 1. The summed E-state index contributed by atoms with van der Waals surface area (Å²) in [5, 5.41) is 3.04. The highest BCUT2D eigenvalue weighted by Crippen LogP contribution is 2.32. The molecule has 39 heavy (non-hydrogen) atoms. The van der Waals surface area contributed by atoms with E-state index in [0.29, 0.717) is 29.4 Å². The summed E-state index contributed by atoms with van der Waals surface area (Å²) in [6, 6.07) is 16.8. The first kappa shape index (κ1) is 28.9. The number of halogens is 1. The number of nitrogens with zero attached hydrogens (tertiary/aromatic N) is 2. The standard InChI is InChI=1S/C27H30ClN3O6S2/c1-20-8-4-5-9-24(20)31(38(33,34)23-13-10-21(28)11-14-23)19-27(32)29-22-12-15-25(37-2)26(18-22)39(35,36)30-16-6-3-7-17-30/h4-5,8-15,18H,3,6-7,16-17,19H2,1-2H3,(H,29,32). The van der Waals surface area contributed by atoms with Crippen molar-refractivity contribution in [3.8, 4) is 5.75 Å². The predicted molar refractivity (Wildman–Crippen MR) is 151 cm³/mol. The van der Waals surface area contributed by atoms with Gasteiger partial charge < -0.3 is 10.1 Å². The third-order valence-electron chi connectivity index (χ3n) is 6.45. The molecule has 9 nitrogen and oxygen atoms in total. The molecule has 3 aromatic carbocycles. The van der Waals surface area contributed by atoms with Crippen molar-refractivity contribution in [1.29, 1.82) is 0 Å². The number of piperidine rings is 1. The van der Waals surface area contributed by atoms with Crippen molar-refractivity contribution in [3.63, 3.8) is 0 Å². The van der Waals surface area contributed by atoms with Crippen molar-refractivity contribution in [3.05, 3.63) is 77.3 Å². The van der Waals surface area contributed by atoms with Gasteiger partial charge in [-0.3, -0.25) is 9.10 Å². The van der Waals surface area contributed by atoms with E-state index in [2.05, 4.69) is 5.32 Å². The monoisotopic (exact) mass is 591 g/mol. The Kier molecular flexibility index (Phi) is 8.85. The number of sulfonamides is 2. The van der Waals surface area contributed by atoms with Crippen LogP contribution in [-0.2, 0) is 24.8 Å². The average Bonchev–Trinajstić information content (AvgIpc) is 2.93. The molecule has 12 heteroatoms. The second-order valence-electron chi connectivity index (χ2n) is 9.13. The van der Waals surface area contributed by atoms with Gasteiger partial charge in [0.2, 0.25) is 15.9 Å². The molecular weight excluding hydrogens is 562 g/mol. The lowest BCUT2D eigenvalue weighted by molar-refractivity contribution is -0.114. The van der Waals surface area contributed by atoms with Crippen LogP contribution < -0.4 is 14.4 Å². The van der Waals surface area contributed by atoms with Crippen molar-refractivity contribution in [2.45, 2.75) is 36.0 Å². The molecule has 0 aliphatic carbocycles. The maximum absolute atomic E-state index is 13.6. The number of carbonyl (C=O) groups excluding carboxylic acids is 1. The first-order valence-corrected chi connectivity index (χ1v) is 15.6. The average molecular weight is 592 g/mol. The third kappa shape index (κ3) is 6.38. The van der Waals surface area contributed by atoms with Gasteiger partial charge in [-0.05, 0) is 73.9 Å². The van der Waals surface area contributed by atoms with E-state index in [4.69, 9.17) is 16.3 Å². The second kappa shape index (κ2) is 12.0. The fourth-order valence-electron chi connectivity index (χ4n) is 4.41. The van der Waals surface area contributed by atoms with Gasteiger partial charge >= 0.3 is 0 Å². The van der Waals surface area contributed by atoms with Gasteiger partial charge in [0.1, 0.15) is 17.2 Å². The number of ether oxygens (including phenoxy) is 1. The summed E-state index contributed by atoms with van der Waals surface area (Å²) in [4.78, 5) is 13.1. The summed E-state index contributed by atoms with van der Waals surface area (Å²) in [6.45, 7) is 2.03. The number of nitrogens with one attached hydrogen (secondary N) is 1. The zero-order valence-corrected chi connectivity index (χ0v) is 24.0. The quantitative estimate of drug-likeness (QED) is 0.387. The van der Waals surface area contributed by atoms with Gasteiger partial charge in [0.15, 0.2) is 0 Å². The summed E-state index contributed by atoms with van der Waals surface area (Å²) in [5.41, 5.74) is 1.19. The number of benzene rings is 3. The van der Waals surface area contributed by atoms with E-state index < -0.39 is 32.5 Å². The first-order valence-electron chi connectivity index (χ1n) is 12.4. The van der Waals surface area contributed by atoms with Gasteiger partial charge in [-0.2, -0.15) is 4.31 Å². The number of carbonyl (C=O) groups is 1. The highest BCUT2D eigenvalue weighted by molar-refractivity contribution is 7.92. The molecule has 1 N–H and O–H groups in total. The van der Waals surface area contributed by atoms with E-state index in [0.717, 1.165) is 23.6 Å². The van der Waals surface area contributed by atoms with E-state index in [1.165, 1.54) is 53.9 Å². The van der Waals surface area contributed by atoms with Crippen LogP contribution in [0.5, 0.6) is 5.75 Å². The van der Waals surface area contributed by atoms with E-state index in [-0.39, 0.29) is 21.2 Å².